The van der Waals surface area contributed by atoms with Crippen molar-refractivity contribution in [2.75, 3.05) is 0 Å². The van der Waals surface area contributed by atoms with E-state index in [1.165, 1.54) is 18.2 Å². The van der Waals surface area contributed by atoms with Crippen LogP contribution in [-0.2, 0) is 6.42 Å². The van der Waals surface area contributed by atoms with E-state index in [9.17, 15) is 19.3 Å². The van der Waals surface area contributed by atoms with Crippen molar-refractivity contribution in [2.45, 2.75) is 24.9 Å². The predicted octanol–water partition coefficient (Wildman–Crippen LogP) is 4.68. The zero-order chi connectivity index (χ0) is 17.3. The Morgan fingerprint density at radius 2 is 1.88 bits per heavy atom. The van der Waals surface area contributed by atoms with Crippen LogP contribution in [0.4, 0.5) is 10.1 Å². The number of aryl methyl sites for hydroxylation is 1. The summed E-state index contributed by atoms with van der Waals surface area (Å²) in [6.45, 7) is 3.52. The lowest BCUT2D eigenvalue weighted by molar-refractivity contribution is -0.384. The molecule has 1 atom stereocenters. The third-order valence-electron chi connectivity index (χ3n) is 4.43. The Labute approximate surface area is 138 Å². The number of benzene rings is 2. The van der Waals surface area contributed by atoms with Crippen LogP contribution in [0.1, 0.15) is 28.8 Å². The number of Topliss-reactive ketones (excluding diaryl/α,β-unsaturated/α-hetero) is 1. The third-order valence-corrected chi connectivity index (χ3v) is 4.43. The maximum atomic E-state index is 14.7. The lowest BCUT2D eigenvalue weighted by Crippen LogP contribution is -2.38. The number of nitro benzene ring substituents is 1. The smallest absolute Gasteiger partial charge is 0.269 e. The summed E-state index contributed by atoms with van der Waals surface area (Å²) in [5, 5.41) is 10.7. The first-order valence-corrected chi connectivity index (χ1v) is 7.67. The van der Waals surface area contributed by atoms with E-state index >= 15 is 0 Å². The van der Waals surface area contributed by atoms with Gasteiger partial charge in [0, 0.05) is 24.1 Å². The number of rotatable bonds is 4. The summed E-state index contributed by atoms with van der Waals surface area (Å²) in [4.78, 5) is 22.7. The van der Waals surface area contributed by atoms with E-state index in [4.69, 9.17) is 0 Å². The van der Waals surface area contributed by atoms with Crippen LogP contribution in [0.5, 0.6) is 0 Å². The van der Waals surface area contributed by atoms with Crippen molar-refractivity contribution in [3.05, 3.63) is 76.4 Å². The van der Waals surface area contributed by atoms with Crippen molar-refractivity contribution in [1.82, 2.24) is 0 Å². The van der Waals surface area contributed by atoms with Crippen LogP contribution in [0.15, 0.2) is 55.1 Å². The predicted molar refractivity (Wildman–Crippen MR) is 89.8 cm³/mol. The van der Waals surface area contributed by atoms with E-state index in [1.54, 1.807) is 24.3 Å². The first-order chi connectivity index (χ1) is 11.4. The summed E-state index contributed by atoms with van der Waals surface area (Å²) in [6, 6.07) is 11.5. The molecule has 5 heteroatoms. The lowest BCUT2D eigenvalue weighted by Gasteiger charge is -2.29. The fraction of sp³-hybridized carbons (Fsp3) is 0.211. The molecule has 0 amide bonds. The van der Waals surface area contributed by atoms with Crippen molar-refractivity contribution in [1.29, 1.82) is 0 Å². The molecule has 122 valence electrons. The van der Waals surface area contributed by atoms with Crippen LogP contribution in [0, 0.1) is 10.1 Å². The number of fused-ring (bicyclic) bond motifs is 1. The Hall–Kier alpha value is -2.82. The van der Waals surface area contributed by atoms with Crippen molar-refractivity contribution in [3.8, 4) is 11.1 Å². The van der Waals surface area contributed by atoms with Gasteiger partial charge in [0.05, 0.1) is 4.92 Å². The van der Waals surface area contributed by atoms with Gasteiger partial charge in [0.2, 0.25) is 5.78 Å². The standard InChI is InChI=1S/C19H16FNO3/c1-2-10-19(20)11-9-15-12-14(5-8-17(15)18(19)22)13-3-6-16(7-4-13)21(23)24/h2-8,12H,1,9-11H2. The van der Waals surface area contributed by atoms with Gasteiger partial charge < -0.3 is 0 Å². The molecule has 0 aromatic heterocycles. The van der Waals surface area contributed by atoms with E-state index in [2.05, 4.69) is 6.58 Å². The largest absolute Gasteiger partial charge is 0.291 e. The number of non-ortho nitro benzene ring substituents is 1. The second-order valence-corrected chi connectivity index (χ2v) is 5.96. The number of carbonyl (C=O) groups excluding carboxylic acids is 1. The van der Waals surface area contributed by atoms with Gasteiger partial charge in [0.1, 0.15) is 0 Å². The molecular formula is C19H16FNO3. The Morgan fingerprint density at radius 3 is 2.50 bits per heavy atom. The number of nitrogens with zero attached hydrogens (tertiary/aromatic N) is 1. The van der Waals surface area contributed by atoms with Gasteiger partial charge in [0.15, 0.2) is 5.67 Å². The maximum absolute atomic E-state index is 14.7. The molecule has 0 saturated carbocycles. The number of carbonyl (C=O) groups is 1. The Bertz CT molecular complexity index is 829. The highest BCUT2D eigenvalue weighted by molar-refractivity contribution is 6.05. The van der Waals surface area contributed by atoms with Crippen molar-refractivity contribution < 1.29 is 14.1 Å². The molecule has 1 aliphatic rings. The fourth-order valence-corrected chi connectivity index (χ4v) is 3.09. The minimum Gasteiger partial charge on any atom is -0.291 e. The highest BCUT2D eigenvalue weighted by Crippen LogP contribution is 2.36. The molecule has 0 radical (unpaired) electrons. The van der Waals surface area contributed by atoms with Crippen LogP contribution in [0.25, 0.3) is 11.1 Å². The molecule has 0 bridgehead atoms. The highest BCUT2D eigenvalue weighted by Gasteiger charge is 2.41. The van der Waals surface area contributed by atoms with Gasteiger partial charge in [-0.3, -0.25) is 14.9 Å². The molecule has 0 saturated heterocycles. The SMILES string of the molecule is C=CCC1(F)CCc2cc(-c3ccc([N+](=O)[O-])cc3)ccc2C1=O. The second kappa shape index (κ2) is 6.00. The van der Waals surface area contributed by atoms with E-state index in [-0.39, 0.29) is 18.5 Å². The summed E-state index contributed by atoms with van der Waals surface area (Å²) in [7, 11) is 0. The lowest BCUT2D eigenvalue weighted by atomic mass is 9.78. The van der Waals surface area contributed by atoms with Crippen molar-refractivity contribution >= 4 is 11.5 Å². The van der Waals surface area contributed by atoms with Gasteiger partial charge in [-0.2, -0.15) is 0 Å². The van der Waals surface area contributed by atoms with Crippen LogP contribution < -0.4 is 0 Å². The molecule has 1 unspecified atom stereocenters. The van der Waals surface area contributed by atoms with Crippen molar-refractivity contribution in [2.24, 2.45) is 0 Å². The summed E-state index contributed by atoms with van der Waals surface area (Å²) in [6.07, 6.45) is 2.09. The molecule has 3 rings (SSSR count). The quantitative estimate of drug-likeness (QED) is 0.466. The molecule has 2 aromatic carbocycles. The normalized spacial score (nSPS) is 19.6. The summed E-state index contributed by atoms with van der Waals surface area (Å²) >= 11 is 0. The minimum atomic E-state index is -1.86. The number of halogens is 1. The molecule has 0 fully saturated rings. The van der Waals surface area contributed by atoms with Gasteiger partial charge in [-0.25, -0.2) is 4.39 Å². The molecule has 0 spiro atoms. The second-order valence-electron chi connectivity index (χ2n) is 5.96. The zero-order valence-electron chi connectivity index (χ0n) is 13.0. The number of allylic oxidation sites excluding steroid dienone is 1. The summed E-state index contributed by atoms with van der Waals surface area (Å²) in [5.74, 6) is -0.487. The van der Waals surface area contributed by atoms with Crippen LogP contribution in [-0.4, -0.2) is 16.4 Å². The first-order valence-electron chi connectivity index (χ1n) is 7.67. The summed E-state index contributed by atoms with van der Waals surface area (Å²) in [5.41, 5.74) is 1.07. The minimum absolute atomic E-state index is 0.0232. The van der Waals surface area contributed by atoms with E-state index in [0.29, 0.717) is 12.0 Å². The van der Waals surface area contributed by atoms with Crippen LogP contribution in [0.2, 0.25) is 0 Å². The third kappa shape index (κ3) is 2.73. The monoisotopic (exact) mass is 325 g/mol. The molecule has 2 aromatic rings. The fourth-order valence-electron chi connectivity index (χ4n) is 3.09. The average molecular weight is 325 g/mol. The highest BCUT2D eigenvalue weighted by atomic mass is 19.1. The summed E-state index contributed by atoms with van der Waals surface area (Å²) < 4.78 is 14.7. The molecule has 4 nitrogen and oxygen atoms in total. The van der Waals surface area contributed by atoms with Gasteiger partial charge >= 0.3 is 0 Å². The molecule has 24 heavy (non-hydrogen) atoms. The molecule has 0 heterocycles. The number of hydrogen-bond donors (Lipinski definition) is 0. The molecule has 0 N–H and O–H groups in total. The van der Waals surface area contributed by atoms with Crippen LogP contribution >= 0.6 is 0 Å². The van der Waals surface area contributed by atoms with Crippen molar-refractivity contribution in [3.63, 3.8) is 0 Å². The Kier molecular flexibility index (Phi) is 4.01. The first kappa shape index (κ1) is 16.1. The Morgan fingerprint density at radius 1 is 1.21 bits per heavy atom. The Balaban J connectivity index is 1.94. The molecular weight excluding hydrogens is 309 g/mol. The van der Waals surface area contributed by atoms with E-state index in [1.807, 2.05) is 6.07 Å². The number of nitro groups is 1. The number of ketones is 1. The maximum Gasteiger partial charge on any atom is 0.269 e. The van der Waals surface area contributed by atoms with E-state index in [0.717, 1.165) is 16.7 Å². The number of hydrogen-bond acceptors (Lipinski definition) is 3. The molecule has 0 aliphatic heterocycles. The average Bonchev–Trinajstić information content (AvgIpc) is 2.58. The van der Waals surface area contributed by atoms with Gasteiger partial charge in [-0.15, -0.1) is 6.58 Å². The zero-order valence-corrected chi connectivity index (χ0v) is 13.0. The van der Waals surface area contributed by atoms with Gasteiger partial charge in [-0.05, 0) is 41.7 Å². The topological polar surface area (TPSA) is 60.2 Å². The number of alkyl halides is 1. The van der Waals surface area contributed by atoms with Crippen LogP contribution in [0.3, 0.4) is 0 Å². The molecule has 1 aliphatic carbocycles. The van der Waals surface area contributed by atoms with Gasteiger partial charge in [-0.1, -0.05) is 24.3 Å². The van der Waals surface area contributed by atoms with E-state index < -0.39 is 16.4 Å². The van der Waals surface area contributed by atoms with Gasteiger partial charge in [0.25, 0.3) is 5.69 Å².